The molecule has 0 aliphatic carbocycles. The van der Waals surface area contributed by atoms with Crippen LogP contribution in [-0.4, -0.2) is 16.8 Å². The van der Waals surface area contributed by atoms with E-state index in [1.807, 2.05) is 19.1 Å². The fourth-order valence-electron chi connectivity index (χ4n) is 2.70. The third-order valence-electron chi connectivity index (χ3n) is 3.91. The Kier molecular flexibility index (Phi) is 3.90. The normalized spacial score (nSPS) is 13.5. The lowest BCUT2D eigenvalue weighted by molar-refractivity contribution is 0.174. The van der Waals surface area contributed by atoms with Crippen LogP contribution in [0.4, 0.5) is 0 Å². The number of aryl methyl sites for hydroxylation is 1. The number of hydrogen-bond acceptors (Lipinski definition) is 4. The summed E-state index contributed by atoms with van der Waals surface area (Å²) in [4.78, 5) is 19.5. The van der Waals surface area contributed by atoms with E-state index in [4.69, 9.17) is 32.7 Å². The predicted octanol–water partition coefficient (Wildman–Crippen LogP) is 4.35. The highest BCUT2D eigenvalue weighted by Gasteiger charge is 2.18. The quantitative estimate of drug-likeness (QED) is 0.723. The molecule has 126 valence electrons. The number of aromatic amines is 1. The summed E-state index contributed by atoms with van der Waals surface area (Å²) in [5.41, 5.74) is 2.00. The van der Waals surface area contributed by atoms with E-state index in [-0.39, 0.29) is 17.4 Å². The van der Waals surface area contributed by atoms with Crippen LogP contribution in [0.1, 0.15) is 17.0 Å². The molecule has 1 aliphatic heterocycles. The highest BCUT2D eigenvalue weighted by atomic mass is 35.5. The Hall–Kier alpha value is -2.50. The summed E-state index contributed by atoms with van der Waals surface area (Å²) in [6.45, 7) is 2.03. The number of H-pyrrole nitrogens is 1. The van der Waals surface area contributed by atoms with Crippen molar-refractivity contribution in [1.82, 2.24) is 9.97 Å². The molecule has 0 spiro atoms. The van der Waals surface area contributed by atoms with E-state index in [0.717, 1.165) is 5.56 Å². The fourth-order valence-corrected chi connectivity index (χ4v) is 3.19. The van der Waals surface area contributed by atoms with Crippen molar-refractivity contribution < 1.29 is 9.47 Å². The third-order valence-corrected chi connectivity index (χ3v) is 4.48. The highest BCUT2D eigenvalue weighted by molar-refractivity contribution is 6.50. The van der Waals surface area contributed by atoms with Crippen LogP contribution in [-0.2, 0) is 0 Å². The molecule has 0 saturated heterocycles. The van der Waals surface area contributed by atoms with E-state index in [1.54, 1.807) is 24.3 Å². The molecule has 2 aromatic carbocycles. The van der Waals surface area contributed by atoms with Crippen molar-refractivity contribution in [1.29, 1.82) is 0 Å². The van der Waals surface area contributed by atoms with E-state index in [2.05, 4.69) is 9.97 Å². The largest absolute Gasteiger partial charge is 0.454 e. The lowest BCUT2D eigenvalue weighted by Crippen LogP contribution is -2.11. The number of rotatable bonds is 2. The molecule has 2 heterocycles. The number of benzene rings is 2. The number of para-hydroxylation sites is 1. The number of aromatic nitrogens is 2. The zero-order valence-corrected chi connectivity index (χ0v) is 14.6. The summed E-state index contributed by atoms with van der Waals surface area (Å²) in [5, 5.41) is 1.25. The second-order valence-corrected chi connectivity index (χ2v) is 6.43. The summed E-state index contributed by atoms with van der Waals surface area (Å²) >= 11 is 12.6. The first-order valence-electron chi connectivity index (χ1n) is 7.49. The highest BCUT2D eigenvalue weighted by Crippen LogP contribution is 2.40. The topological polar surface area (TPSA) is 64.2 Å². The Morgan fingerprint density at radius 3 is 3.00 bits per heavy atom. The fraction of sp³-hybridized carbons (Fsp3) is 0.111. The molecule has 0 unspecified atom stereocenters. The molecule has 0 atom stereocenters. The minimum atomic E-state index is -0.237. The minimum absolute atomic E-state index is 0.134. The lowest BCUT2D eigenvalue weighted by Gasteiger charge is -2.05. The number of ether oxygens (including phenoxy) is 2. The van der Waals surface area contributed by atoms with Gasteiger partial charge in [0.1, 0.15) is 0 Å². The van der Waals surface area contributed by atoms with Crippen molar-refractivity contribution in [2.24, 2.45) is 0 Å². The maximum atomic E-state index is 12.3. The van der Waals surface area contributed by atoms with Crippen LogP contribution in [0.15, 0.2) is 35.1 Å². The molecule has 0 bridgehead atoms. The molecule has 4 rings (SSSR count). The summed E-state index contributed by atoms with van der Waals surface area (Å²) in [6, 6.07) is 8.92. The molecule has 0 saturated carbocycles. The van der Waals surface area contributed by atoms with Crippen LogP contribution in [0.3, 0.4) is 0 Å². The number of hydrogen-bond donors (Lipinski definition) is 1. The van der Waals surface area contributed by atoms with Gasteiger partial charge in [0, 0.05) is 0 Å². The van der Waals surface area contributed by atoms with Gasteiger partial charge in [-0.25, -0.2) is 4.98 Å². The zero-order chi connectivity index (χ0) is 17.6. The van der Waals surface area contributed by atoms with Gasteiger partial charge in [-0.05, 0) is 42.3 Å². The Balaban J connectivity index is 1.81. The first-order chi connectivity index (χ1) is 12.0. The third kappa shape index (κ3) is 2.86. The van der Waals surface area contributed by atoms with E-state index < -0.39 is 0 Å². The van der Waals surface area contributed by atoms with Gasteiger partial charge >= 0.3 is 0 Å². The molecule has 7 heteroatoms. The van der Waals surface area contributed by atoms with Crippen LogP contribution in [0, 0.1) is 6.92 Å². The molecule has 0 fully saturated rings. The van der Waals surface area contributed by atoms with E-state index in [9.17, 15) is 4.79 Å². The van der Waals surface area contributed by atoms with Crippen LogP contribution in [0.5, 0.6) is 11.5 Å². The summed E-state index contributed by atoms with van der Waals surface area (Å²) in [7, 11) is 0. The Morgan fingerprint density at radius 1 is 1.32 bits per heavy atom. The molecule has 0 radical (unpaired) electrons. The van der Waals surface area contributed by atoms with Crippen molar-refractivity contribution in [2.45, 2.75) is 6.92 Å². The number of halogens is 2. The van der Waals surface area contributed by atoms with Gasteiger partial charge in [-0.15, -0.1) is 0 Å². The molecule has 1 aliphatic rings. The van der Waals surface area contributed by atoms with Crippen LogP contribution in [0.25, 0.3) is 22.0 Å². The molecule has 1 aromatic heterocycles. The Morgan fingerprint density at radius 2 is 2.16 bits per heavy atom. The molecular weight excluding hydrogens is 363 g/mol. The van der Waals surface area contributed by atoms with Gasteiger partial charge in [-0.1, -0.05) is 35.3 Å². The maximum absolute atomic E-state index is 12.3. The Bertz CT molecular complexity index is 1090. The van der Waals surface area contributed by atoms with Crippen LogP contribution in [0.2, 0.25) is 5.02 Å². The average molecular weight is 375 g/mol. The molecular formula is C18H12Cl2N2O3. The summed E-state index contributed by atoms with van der Waals surface area (Å²) in [6.07, 6.45) is 1.66. The van der Waals surface area contributed by atoms with Crippen molar-refractivity contribution in [2.75, 3.05) is 6.79 Å². The Labute approximate surface area is 152 Å². The number of fused-ring (bicyclic) bond motifs is 2. The van der Waals surface area contributed by atoms with Crippen molar-refractivity contribution >= 4 is 45.2 Å². The first kappa shape index (κ1) is 16.0. The number of nitrogens with one attached hydrogen (secondary N) is 1. The van der Waals surface area contributed by atoms with Gasteiger partial charge < -0.3 is 14.5 Å². The van der Waals surface area contributed by atoms with Gasteiger partial charge in [0.25, 0.3) is 5.56 Å². The first-order valence-corrected chi connectivity index (χ1v) is 8.25. The average Bonchev–Trinajstić information content (AvgIpc) is 3.04. The SMILES string of the molecule is Cc1cccc2c(=O)[nH]c(C(Cl)=Cc3cc(Cl)c4c(c3)OCO4)nc12. The van der Waals surface area contributed by atoms with E-state index >= 15 is 0 Å². The van der Waals surface area contributed by atoms with E-state index in [1.165, 1.54) is 0 Å². The molecule has 25 heavy (non-hydrogen) atoms. The van der Waals surface area contributed by atoms with Crippen molar-refractivity contribution in [3.05, 3.63) is 62.7 Å². The molecule has 3 aromatic rings. The van der Waals surface area contributed by atoms with Crippen LogP contribution < -0.4 is 15.0 Å². The van der Waals surface area contributed by atoms with Gasteiger partial charge in [0.2, 0.25) is 6.79 Å². The predicted molar refractivity (Wildman–Crippen MR) is 98.4 cm³/mol. The molecule has 1 N–H and O–H groups in total. The molecule has 0 amide bonds. The molecule has 5 nitrogen and oxygen atoms in total. The van der Waals surface area contributed by atoms with Gasteiger partial charge in [-0.2, -0.15) is 0 Å². The van der Waals surface area contributed by atoms with Crippen LogP contribution >= 0.6 is 23.2 Å². The summed E-state index contributed by atoms with van der Waals surface area (Å²) in [5.74, 6) is 1.36. The second kappa shape index (κ2) is 6.10. The standard InChI is InChI=1S/C18H12Cl2N2O3/c1-9-3-2-4-11-15(9)21-17(22-18(11)23)13(20)6-10-5-12(19)16-14(7-10)24-8-25-16/h2-7H,8H2,1H3,(H,21,22,23). The number of nitrogens with zero attached hydrogens (tertiary/aromatic N) is 1. The van der Waals surface area contributed by atoms with Gasteiger partial charge in [0.05, 0.1) is 21.0 Å². The monoisotopic (exact) mass is 374 g/mol. The smallest absolute Gasteiger partial charge is 0.259 e. The van der Waals surface area contributed by atoms with Gasteiger partial charge in [-0.3, -0.25) is 4.79 Å². The minimum Gasteiger partial charge on any atom is -0.454 e. The van der Waals surface area contributed by atoms with E-state index in [0.29, 0.717) is 38.8 Å². The van der Waals surface area contributed by atoms with Crippen molar-refractivity contribution in [3.8, 4) is 11.5 Å². The summed E-state index contributed by atoms with van der Waals surface area (Å²) < 4.78 is 10.6. The second-order valence-electron chi connectivity index (χ2n) is 5.61. The maximum Gasteiger partial charge on any atom is 0.259 e. The van der Waals surface area contributed by atoms with Gasteiger partial charge in [0.15, 0.2) is 17.3 Å². The van der Waals surface area contributed by atoms with Crippen molar-refractivity contribution in [3.63, 3.8) is 0 Å². The zero-order valence-electron chi connectivity index (χ0n) is 13.1. The lowest BCUT2D eigenvalue weighted by atomic mass is 10.1.